The first-order chi connectivity index (χ1) is 14.7. The molecule has 2 rings (SSSR count). The normalized spacial score (nSPS) is 17.5. The Labute approximate surface area is 178 Å². The van der Waals surface area contributed by atoms with Crippen LogP contribution >= 0.6 is 0 Å². The third kappa shape index (κ3) is 7.07. The van der Waals surface area contributed by atoms with Crippen molar-refractivity contribution in [2.75, 3.05) is 13.1 Å². The van der Waals surface area contributed by atoms with Crippen molar-refractivity contribution in [1.82, 2.24) is 15.5 Å². The van der Waals surface area contributed by atoms with E-state index in [1.165, 1.54) is 4.90 Å². The predicted octanol–water partition coefficient (Wildman–Crippen LogP) is -1.29. The summed E-state index contributed by atoms with van der Waals surface area (Å²) in [7, 11) is 0. The molecule has 1 heterocycles. The minimum absolute atomic E-state index is 0.326. The molecule has 11 heteroatoms. The van der Waals surface area contributed by atoms with Gasteiger partial charge in [-0.3, -0.25) is 19.2 Å². The number of hydrogen-bond acceptors (Lipinski definition) is 6. The Hall–Kier alpha value is -3.47. The lowest BCUT2D eigenvalue weighted by molar-refractivity contribution is -0.147. The summed E-state index contributed by atoms with van der Waals surface area (Å²) in [6.45, 7) is -0.178. The SMILES string of the molecule is NC(Cc1ccccc1)C(=O)N1CCCC1C(=O)NCC(=O)NC(CC(=O)O)C(=O)O. The Balaban J connectivity index is 1.89. The Morgan fingerprint density at radius 3 is 2.42 bits per heavy atom. The van der Waals surface area contributed by atoms with Crippen molar-refractivity contribution in [2.45, 2.75) is 43.8 Å². The number of nitrogens with zero attached hydrogens (tertiary/aromatic N) is 1. The second kappa shape index (κ2) is 11.1. The van der Waals surface area contributed by atoms with Crippen LogP contribution in [-0.4, -0.2) is 76.0 Å². The van der Waals surface area contributed by atoms with Gasteiger partial charge in [-0.05, 0) is 24.8 Å². The fourth-order valence-electron chi connectivity index (χ4n) is 3.38. The van der Waals surface area contributed by atoms with Gasteiger partial charge in [-0.25, -0.2) is 4.79 Å². The van der Waals surface area contributed by atoms with E-state index in [4.69, 9.17) is 15.9 Å². The average molecular weight is 434 g/mol. The Morgan fingerprint density at radius 2 is 1.81 bits per heavy atom. The number of carboxylic acids is 2. The summed E-state index contributed by atoms with van der Waals surface area (Å²) in [5.41, 5.74) is 6.94. The maximum atomic E-state index is 12.7. The summed E-state index contributed by atoms with van der Waals surface area (Å²) in [5.74, 6) is -4.65. The van der Waals surface area contributed by atoms with Crippen molar-refractivity contribution in [3.63, 3.8) is 0 Å². The van der Waals surface area contributed by atoms with E-state index in [1.807, 2.05) is 35.6 Å². The van der Waals surface area contributed by atoms with Crippen molar-refractivity contribution in [3.8, 4) is 0 Å². The Morgan fingerprint density at radius 1 is 1.13 bits per heavy atom. The first-order valence-corrected chi connectivity index (χ1v) is 9.80. The van der Waals surface area contributed by atoms with Crippen LogP contribution in [-0.2, 0) is 30.4 Å². The zero-order valence-electron chi connectivity index (χ0n) is 16.8. The molecule has 31 heavy (non-hydrogen) atoms. The molecule has 3 unspecified atom stereocenters. The summed E-state index contributed by atoms with van der Waals surface area (Å²) >= 11 is 0. The molecule has 0 saturated carbocycles. The van der Waals surface area contributed by atoms with Crippen molar-refractivity contribution in [1.29, 1.82) is 0 Å². The number of benzene rings is 1. The van der Waals surface area contributed by atoms with E-state index in [1.54, 1.807) is 0 Å². The van der Waals surface area contributed by atoms with E-state index in [0.717, 1.165) is 5.56 Å². The third-order valence-corrected chi connectivity index (χ3v) is 4.89. The number of carbonyl (C=O) groups is 5. The van der Waals surface area contributed by atoms with Crippen LogP contribution in [0.25, 0.3) is 0 Å². The van der Waals surface area contributed by atoms with Crippen molar-refractivity contribution in [3.05, 3.63) is 35.9 Å². The predicted molar refractivity (Wildman–Crippen MR) is 108 cm³/mol. The van der Waals surface area contributed by atoms with Crippen LogP contribution in [0.5, 0.6) is 0 Å². The zero-order valence-corrected chi connectivity index (χ0v) is 16.8. The smallest absolute Gasteiger partial charge is 0.326 e. The van der Waals surface area contributed by atoms with E-state index >= 15 is 0 Å². The van der Waals surface area contributed by atoms with Crippen LogP contribution in [0.3, 0.4) is 0 Å². The van der Waals surface area contributed by atoms with E-state index in [-0.39, 0.29) is 5.91 Å². The highest BCUT2D eigenvalue weighted by molar-refractivity contribution is 5.93. The molecule has 1 aliphatic heterocycles. The lowest BCUT2D eigenvalue weighted by Gasteiger charge is -2.26. The molecule has 1 aromatic rings. The number of amides is 3. The van der Waals surface area contributed by atoms with Crippen molar-refractivity contribution < 1.29 is 34.2 Å². The molecule has 3 amide bonds. The number of nitrogens with two attached hydrogens (primary N) is 1. The maximum Gasteiger partial charge on any atom is 0.326 e. The fourth-order valence-corrected chi connectivity index (χ4v) is 3.38. The van der Waals surface area contributed by atoms with E-state index in [0.29, 0.717) is 25.8 Å². The molecular weight excluding hydrogens is 408 g/mol. The quantitative estimate of drug-likeness (QED) is 0.302. The maximum absolute atomic E-state index is 12.7. The average Bonchev–Trinajstić information content (AvgIpc) is 3.21. The molecule has 0 aliphatic carbocycles. The summed E-state index contributed by atoms with van der Waals surface area (Å²) < 4.78 is 0. The van der Waals surface area contributed by atoms with Gasteiger partial charge < -0.3 is 31.5 Å². The molecule has 1 aliphatic rings. The summed E-state index contributed by atoms with van der Waals surface area (Å²) in [4.78, 5) is 60.2. The van der Waals surface area contributed by atoms with Gasteiger partial charge in [0.1, 0.15) is 12.1 Å². The molecular formula is C20H26N4O7. The number of rotatable bonds is 10. The van der Waals surface area contributed by atoms with Gasteiger partial charge in [-0.2, -0.15) is 0 Å². The highest BCUT2D eigenvalue weighted by Gasteiger charge is 2.36. The first kappa shape index (κ1) is 23.8. The Kier molecular flexibility index (Phi) is 8.50. The van der Waals surface area contributed by atoms with Crippen LogP contribution in [0.15, 0.2) is 30.3 Å². The highest BCUT2D eigenvalue weighted by atomic mass is 16.4. The number of likely N-dealkylation sites (tertiary alicyclic amines) is 1. The second-order valence-electron chi connectivity index (χ2n) is 7.26. The fraction of sp³-hybridized carbons (Fsp3) is 0.450. The molecule has 0 aromatic heterocycles. The number of aliphatic carboxylic acids is 2. The molecule has 3 atom stereocenters. The molecule has 6 N–H and O–H groups in total. The van der Waals surface area contributed by atoms with Crippen molar-refractivity contribution >= 4 is 29.7 Å². The molecule has 0 spiro atoms. The molecule has 168 valence electrons. The monoisotopic (exact) mass is 434 g/mol. The van der Waals surface area contributed by atoms with E-state index < -0.39 is 54.8 Å². The lowest BCUT2D eigenvalue weighted by atomic mass is 10.1. The summed E-state index contributed by atoms with van der Waals surface area (Å²) in [6.07, 6.45) is 0.550. The van der Waals surface area contributed by atoms with Gasteiger partial charge in [0.05, 0.1) is 19.0 Å². The second-order valence-corrected chi connectivity index (χ2v) is 7.26. The molecule has 11 nitrogen and oxygen atoms in total. The topological polar surface area (TPSA) is 179 Å². The standard InChI is InChI=1S/C20H26N4O7/c21-13(9-12-5-2-1-3-6-12)19(29)24-8-4-7-15(24)18(28)22-11-16(25)23-14(20(30)31)10-17(26)27/h1-3,5-6,13-15H,4,7-11,21H2,(H,22,28)(H,23,25)(H,26,27)(H,30,31). The van der Waals surface area contributed by atoms with Crippen LogP contribution in [0.1, 0.15) is 24.8 Å². The molecule has 1 aromatic carbocycles. The van der Waals surface area contributed by atoms with Gasteiger partial charge in [0, 0.05) is 6.54 Å². The minimum Gasteiger partial charge on any atom is -0.481 e. The third-order valence-electron chi connectivity index (χ3n) is 4.89. The minimum atomic E-state index is -1.61. The van der Waals surface area contributed by atoms with E-state index in [2.05, 4.69) is 5.32 Å². The van der Waals surface area contributed by atoms with Gasteiger partial charge in [-0.15, -0.1) is 0 Å². The van der Waals surface area contributed by atoms with Crippen LogP contribution in [0.4, 0.5) is 0 Å². The zero-order chi connectivity index (χ0) is 23.0. The Bertz CT molecular complexity index is 830. The lowest BCUT2D eigenvalue weighted by Crippen LogP contribution is -2.53. The first-order valence-electron chi connectivity index (χ1n) is 9.80. The number of hydrogen-bond donors (Lipinski definition) is 5. The van der Waals surface area contributed by atoms with Gasteiger partial charge in [-0.1, -0.05) is 30.3 Å². The number of carboxylic acid groups (broad SMARTS) is 2. The van der Waals surface area contributed by atoms with Crippen LogP contribution in [0, 0.1) is 0 Å². The highest BCUT2D eigenvalue weighted by Crippen LogP contribution is 2.19. The van der Waals surface area contributed by atoms with Gasteiger partial charge >= 0.3 is 11.9 Å². The summed E-state index contributed by atoms with van der Waals surface area (Å²) in [6, 6.07) is 6.05. The van der Waals surface area contributed by atoms with E-state index in [9.17, 15) is 24.0 Å². The molecule has 0 radical (unpaired) electrons. The van der Waals surface area contributed by atoms with Gasteiger partial charge in [0.15, 0.2) is 0 Å². The van der Waals surface area contributed by atoms with Gasteiger partial charge in [0.25, 0.3) is 0 Å². The van der Waals surface area contributed by atoms with Crippen LogP contribution in [0.2, 0.25) is 0 Å². The molecule has 1 saturated heterocycles. The largest absolute Gasteiger partial charge is 0.481 e. The van der Waals surface area contributed by atoms with Crippen LogP contribution < -0.4 is 16.4 Å². The number of carbonyl (C=O) groups excluding carboxylic acids is 3. The van der Waals surface area contributed by atoms with Crippen molar-refractivity contribution in [2.24, 2.45) is 5.73 Å². The molecule has 1 fully saturated rings. The number of nitrogens with one attached hydrogen (secondary N) is 2. The summed E-state index contributed by atoms with van der Waals surface area (Å²) in [5, 5.41) is 22.1. The van der Waals surface area contributed by atoms with Gasteiger partial charge in [0.2, 0.25) is 17.7 Å². The molecule has 0 bridgehead atoms.